The number of hydrogen-bond donors (Lipinski definition) is 0. The fourth-order valence-electron chi connectivity index (χ4n) is 6.97. The first-order valence-electron chi connectivity index (χ1n) is 15.7. The Balaban J connectivity index is 1.36. The second-order valence-corrected chi connectivity index (χ2v) is 13.2. The number of benzene rings is 3. The molecule has 3 aromatic heterocycles. The molecule has 242 valence electrons. The van der Waals surface area contributed by atoms with Crippen LogP contribution in [0.3, 0.4) is 0 Å². The molecule has 1 aliphatic rings. The van der Waals surface area contributed by atoms with Gasteiger partial charge in [0.25, 0.3) is 0 Å². The zero-order chi connectivity index (χ0) is 33.0. The maximum absolute atomic E-state index is 14.3. The van der Waals surface area contributed by atoms with E-state index in [1.54, 1.807) is 12.1 Å². The van der Waals surface area contributed by atoms with Crippen molar-refractivity contribution in [2.45, 2.75) is 45.8 Å². The average Bonchev–Trinajstić information content (AvgIpc) is 3.63. The highest BCUT2D eigenvalue weighted by Gasteiger charge is 2.26. The molecule has 0 N–H and O–H groups in total. The molecule has 0 spiro atoms. The summed E-state index contributed by atoms with van der Waals surface area (Å²) in [7, 11) is 8.10. The molecule has 0 radical (unpaired) electrons. The number of halogens is 2. The minimum atomic E-state index is -0.285. The minimum Gasteiger partial charge on any atom is -0.493 e. The number of ether oxygens (including phenoxy) is 2. The summed E-state index contributed by atoms with van der Waals surface area (Å²) >= 11 is 6.99. The predicted octanol–water partition coefficient (Wildman–Crippen LogP) is 7.41. The van der Waals surface area contributed by atoms with Crippen molar-refractivity contribution >= 4 is 48.0 Å². The minimum absolute atomic E-state index is 0.0990. The molecular weight excluding hydrogens is 636 g/mol. The summed E-state index contributed by atoms with van der Waals surface area (Å²) in [6, 6.07) is 14.8. The molecule has 8 nitrogen and oxygen atoms in total. The molecule has 1 aliphatic heterocycles. The monoisotopic (exact) mass is 671 g/mol. The van der Waals surface area contributed by atoms with E-state index in [0.29, 0.717) is 36.8 Å². The number of nitrogens with zero attached hydrogens (tertiary/aromatic N) is 5. The molecule has 3 aromatic carbocycles. The van der Waals surface area contributed by atoms with Crippen LogP contribution in [0.2, 0.25) is 5.02 Å². The fourth-order valence-corrected chi connectivity index (χ4v) is 7.58. The van der Waals surface area contributed by atoms with Crippen molar-refractivity contribution in [2.75, 3.05) is 6.61 Å². The number of fused-ring (bicyclic) bond motifs is 8. The van der Waals surface area contributed by atoms with Gasteiger partial charge < -0.3 is 14.0 Å². The van der Waals surface area contributed by atoms with E-state index in [2.05, 4.69) is 21.4 Å². The van der Waals surface area contributed by atoms with Crippen molar-refractivity contribution in [3.63, 3.8) is 0 Å². The van der Waals surface area contributed by atoms with Crippen molar-refractivity contribution in [3.8, 4) is 16.9 Å². The van der Waals surface area contributed by atoms with E-state index in [0.717, 1.165) is 85.3 Å². The van der Waals surface area contributed by atoms with Gasteiger partial charge in [0.15, 0.2) is 5.52 Å². The van der Waals surface area contributed by atoms with Crippen molar-refractivity contribution in [1.82, 2.24) is 24.1 Å². The van der Waals surface area contributed by atoms with E-state index < -0.39 is 0 Å². The van der Waals surface area contributed by atoms with Gasteiger partial charge in [-0.2, -0.15) is 10.2 Å². The van der Waals surface area contributed by atoms with Crippen LogP contribution in [-0.2, 0) is 58.4 Å². The van der Waals surface area contributed by atoms with Crippen LogP contribution in [0.1, 0.15) is 50.8 Å². The number of aryl methyl sites for hydroxylation is 6. The summed E-state index contributed by atoms with van der Waals surface area (Å²) in [5.74, 6) is 0.434. The molecule has 4 heterocycles. The van der Waals surface area contributed by atoms with Gasteiger partial charge in [0.2, 0.25) is 0 Å². The first kappa shape index (κ1) is 31.6. The molecule has 0 aliphatic carbocycles. The van der Waals surface area contributed by atoms with Gasteiger partial charge in [-0.15, -0.1) is 0 Å². The smallest absolute Gasteiger partial charge is 0.194 e. The third kappa shape index (κ3) is 5.75. The molecule has 7 rings (SSSR count). The van der Waals surface area contributed by atoms with E-state index in [-0.39, 0.29) is 17.9 Å². The summed E-state index contributed by atoms with van der Waals surface area (Å²) in [6.45, 7) is 3.01. The highest BCUT2D eigenvalue weighted by molar-refractivity contribution is 7.41. The first-order chi connectivity index (χ1) is 22.6. The van der Waals surface area contributed by atoms with Gasteiger partial charge in [-0.05, 0) is 85.5 Å². The Bertz CT molecular complexity index is 2200. The van der Waals surface area contributed by atoms with Crippen LogP contribution in [-0.4, -0.2) is 36.3 Å². The van der Waals surface area contributed by atoms with Crippen LogP contribution in [0.25, 0.3) is 32.8 Å². The largest absolute Gasteiger partial charge is 0.493 e. The Labute approximate surface area is 279 Å². The number of hydrogen-bond acceptors (Lipinski definition) is 5. The maximum atomic E-state index is 14.3. The van der Waals surface area contributed by atoms with Crippen LogP contribution in [0.15, 0.2) is 48.5 Å². The van der Waals surface area contributed by atoms with E-state index in [9.17, 15) is 9.18 Å². The molecule has 47 heavy (non-hydrogen) atoms. The normalized spacial score (nSPS) is 14.3. The highest BCUT2D eigenvalue weighted by atomic mass is 35.5. The Morgan fingerprint density at radius 3 is 2.55 bits per heavy atom. The Kier molecular flexibility index (Phi) is 8.41. The molecule has 0 saturated heterocycles. The van der Waals surface area contributed by atoms with Gasteiger partial charge in [0.05, 0.1) is 47.4 Å². The quantitative estimate of drug-likeness (QED) is 0.170. The average molecular weight is 672 g/mol. The van der Waals surface area contributed by atoms with E-state index >= 15 is 0 Å². The van der Waals surface area contributed by atoms with Gasteiger partial charge in [-0.1, -0.05) is 33.0 Å². The Hall–Kier alpha value is -4.04. The Morgan fingerprint density at radius 1 is 0.936 bits per heavy atom. The lowest BCUT2D eigenvalue weighted by Crippen LogP contribution is -2.06. The van der Waals surface area contributed by atoms with Gasteiger partial charge >= 0.3 is 0 Å². The topological polar surface area (TPSA) is 76.1 Å². The van der Waals surface area contributed by atoms with Crippen LogP contribution in [0.4, 0.5) is 4.39 Å². The third-order valence-electron chi connectivity index (χ3n) is 9.25. The lowest BCUT2D eigenvalue weighted by atomic mass is 9.98. The SMILES string of the molecule is Cc1c2c(nn1C)COCc1cc(n(C)n1)CCc1cc(c3ccc(F)cc3c1)OCCCc1c(C(=O)P)n(C)c3c-2c(Cl)ccc13. The summed E-state index contributed by atoms with van der Waals surface area (Å²) < 4.78 is 32.6. The predicted molar refractivity (Wildman–Crippen MR) is 186 cm³/mol. The van der Waals surface area contributed by atoms with Crippen molar-refractivity contribution in [3.05, 3.63) is 99.0 Å². The standard InChI is InChI=1S/C36H36ClFN5O3P/c1-20-32-30(40-42(20)3)19-45-18-24-17-25(43(4)39-24)9-7-21-14-22-16-23(38)8-10-26(22)31(15-21)46-13-5-6-27-28-11-12-29(37)33(32)34(28)41(2)35(27)36(44)47/h8,10-12,14-17H,5-7,9,13,18-19,47H2,1-4H3. The van der Waals surface area contributed by atoms with E-state index in [1.165, 1.54) is 6.07 Å². The molecule has 8 bridgehead atoms. The first-order valence-corrected chi connectivity index (χ1v) is 16.6. The molecule has 1 atom stereocenters. The van der Waals surface area contributed by atoms with Gasteiger partial charge in [0, 0.05) is 54.4 Å². The molecule has 1 unspecified atom stereocenters. The van der Waals surface area contributed by atoms with E-state index in [4.69, 9.17) is 31.3 Å². The van der Waals surface area contributed by atoms with Crippen LogP contribution >= 0.6 is 20.8 Å². The number of aromatic nitrogens is 5. The van der Waals surface area contributed by atoms with E-state index in [1.807, 2.05) is 60.2 Å². The summed E-state index contributed by atoms with van der Waals surface area (Å²) in [4.78, 5) is 13.1. The molecule has 0 fully saturated rings. The summed E-state index contributed by atoms with van der Waals surface area (Å²) in [5, 5.41) is 12.7. The molecule has 11 heteroatoms. The van der Waals surface area contributed by atoms with Crippen molar-refractivity contribution in [1.29, 1.82) is 0 Å². The van der Waals surface area contributed by atoms with Crippen molar-refractivity contribution in [2.24, 2.45) is 21.1 Å². The zero-order valence-electron chi connectivity index (χ0n) is 26.9. The van der Waals surface area contributed by atoms with Gasteiger partial charge in [0.1, 0.15) is 11.6 Å². The molecule has 0 saturated carbocycles. The number of carbonyl (C=O) groups is 1. The lowest BCUT2D eigenvalue weighted by molar-refractivity contribution is 0.101. The van der Waals surface area contributed by atoms with Crippen LogP contribution < -0.4 is 4.74 Å². The van der Waals surface area contributed by atoms with Crippen LogP contribution in [0.5, 0.6) is 5.75 Å². The second-order valence-electron chi connectivity index (χ2n) is 12.3. The van der Waals surface area contributed by atoms with Crippen molar-refractivity contribution < 1.29 is 18.7 Å². The van der Waals surface area contributed by atoms with Crippen LogP contribution in [0, 0.1) is 12.7 Å². The Morgan fingerprint density at radius 2 is 1.74 bits per heavy atom. The number of rotatable bonds is 1. The van der Waals surface area contributed by atoms with Gasteiger partial charge in [-0.3, -0.25) is 14.2 Å². The summed E-state index contributed by atoms with van der Waals surface area (Å²) in [5.41, 5.74) is 8.71. The molecule has 0 amide bonds. The second kappa shape index (κ2) is 12.5. The molecule has 6 aromatic rings. The highest BCUT2D eigenvalue weighted by Crippen LogP contribution is 2.42. The zero-order valence-corrected chi connectivity index (χ0v) is 28.8. The maximum Gasteiger partial charge on any atom is 0.194 e. The molecular formula is C36H36ClFN5O3P. The van der Waals surface area contributed by atoms with Gasteiger partial charge in [-0.25, -0.2) is 4.39 Å². The lowest BCUT2D eigenvalue weighted by Gasteiger charge is -2.13. The number of carbonyl (C=O) groups excluding carboxylic acids is 1. The summed E-state index contributed by atoms with van der Waals surface area (Å²) in [6.07, 6.45) is 2.76. The third-order valence-corrected chi connectivity index (χ3v) is 9.84. The fraction of sp³-hybridized carbons (Fsp3) is 0.306.